The van der Waals surface area contributed by atoms with Gasteiger partial charge in [0, 0.05) is 29.1 Å². The zero-order valence-electron chi connectivity index (χ0n) is 9.13. The molecule has 2 aromatic heterocycles. The Morgan fingerprint density at radius 1 is 1.47 bits per heavy atom. The Balaban J connectivity index is 1.90. The Bertz CT molecular complexity index is 497. The fraction of sp³-hybridized carbons (Fsp3) is 0.167. The second-order valence-corrected chi connectivity index (χ2v) is 4.90. The lowest BCUT2D eigenvalue weighted by molar-refractivity contribution is 0.310. The molecule has 2 heterocycles. The van der Waals surface area contributed by atoms with Crippen molar-refractivity contribution in [1.82, 2.24) is 4.98 Å². The molecule has 88 valence electrons. The number of ether oxygens (including phenoxy) is 1. The summed E-state index contributed by atoms with van der Waals surface area (Å²) in [7, 11) is 0. The molecule has 2 rings (SSSR count). The normalized spacial score (nSPS) is 10.1. The molecular weight excluding hydrogens is 252 g/mol. The topological polar surface area (TPSA) is 48.1 Å². The molecule has 0 spiro atoms. The summed E-state index contributed by atoms with van der Waals surface area (Å²) < 4.78 is 5.55. The van der Waals surface area contributed by atoms with E-state index in [-0.39, 0.29) is 0 Å². The van der Waals surface area contributed by atoms with Gasteiger partial charge in [-0.15, -0.1) is 11.3 Å². The number of aromatic nitrogens is 1. The second-order valence-electron chi connectivity index (χ2n) is 3.42. The Hall–Kier alpha value is -1.46. The number of thiophene rings is 1. The van der Waals surface area contributed by atoms with E-state index in [1.165, 1.54) is 4.88 Å². The van der Waals surface area contributed by atoms with Gasteiger partial charge in [0.25, 0.3) is 0 Å². The number of nitrogens with zero attached hydrogens (tertiary/aromatic N) is 1. The van der Waals surface area contributed by atoms with Crippen LogP contribution in [0.4, 0.5) is 0 Å². The summed E-state index contributed by atoms with van der Waals surface area (Å²) in [5.74, 6) is 0.562. The van der Waals surface area contributed by atoms with Gasteiger partial charge in [-0.25, -0.2) is 4.98 Å². The first kappa shape index (κ1) is 12.0. The van der Waals surface area contributed by atoms with Crippen molar-refractivity contribution in [2.45, 2.75) is 6.42 Å². The summed E-state index contributed by atoms with van der Waals surface area (Å²) in [6, 6.07) is 7.66. The molecule has 0 aliphatic carbocycles. The minimum atomic E-state index is 0.357. The largest absolute Gasteiger partial charge is 0.477 e. The summed E-state index contributed by atoms with van der Waals surface area (Å²) in [5.41, 5.74) is 6.32. The van der Waals surface area contributed by atoms with Crippen molar-refractivity contribution in [1.29, 1.82) is 0 Å². The number of rotatable bonds is 5. The zero-order valence-corrected chi connectivity index (χ0v) is 10.8. The van der Waals surface area contributed by atoms with Crippen molar-refractivity contribution in [3.05, 3.63) is 46.3 Å². The molecule has 3 nitrogen and oxygen atoms in total. The van der Waals surface area contributed by atoms with Gasteiger partial charge in [0.2, 0.25) is 5.88 Å². The number of hydrogen-bond acceptors (Lipinski definition) is 4. The molecule has 0 fully saturated rings. The SMILES string of the molecule is NC(=S)c1ccnc(OCCc2cccs2)c1. The molecule has 2 aromatic rings. The van der Waals surface area contributed by atoms with Crippen molar-refractivity contribution in [3.8, 4) is 5.88 Å². The number of nitrogens with two attached hydrogens (primary N) is 1. The van der Waals surface area contributed by atoms with Crippen molar-refractivity contribution in [2.24, 2.45) is 5.73 Å². The first-order chi connectivity index (χ1) is 8.25. The molecule has 0 radical (unpaired) electrons. The smallest absolute Gasteiger partial charge is 0.213 e. The van der Waals surface area contributed by atoms with Crippen LogP contribution in [0.3, 0.4) is 0 Å². The highest BCUT2D eigenvalue weighted by Crippen LogP contribution is 2.12. The van der Waals surface area contributed by atoms with Crippen molar-refractivity contribution in [2.75, 3.05) is 6.61 Å². The molecule has 0 bridgehead atoms. The molecule has 0 saturated heterocycles. The van der Waals surface area contributed by atoms with E-state index in [9.17, 15) is 0 Å². The number of pyridine rings is 1. The van der Waals surface area contributed by atoms with Gasteiger partial charge in [0.05, 0.1) is 6.61 Å². The maximum absolute atomic E-state index is 5.55. The van der Waals surface area contributed by atoms with E-state index in [1.54, 1.807) is 29.7 Å². The third-order valence-electron chi connectivity index (χ3n) is 2.20. The third-order valence-corrected chi connectivity index (χ3v) is 3.37. The lowest BCUT2D eigenvalue weighted by Gasteiger charge is -2.05. The van der Waals surface area contributed by atoms with Gasteiger partial charge in [-0.3, -0.25) is 0 Å². The fourth-order valence-electron chi connectivity index (χ4n) is 1.35. The molecule has 0 atom stereocenters. The number of thiocarbonyl (C=S) groups is 1. The first-order valence-electron chi connectivity index (χ1n) is 5.17. The van der Waals surface area contributed by atoms with Crippen LogP contribution in [0.2, 0.25) is 0 Å². The van der Waals surface area contributed by atoms with Crippen LogP contribution in [0, 0.1) is 0 Å². The molecule has 0 amide bonds. The highest BCUT2D eigenvalue weighted by Gasteiger charge is 2.01. The zero-order chi connectivity index (χ0) is 12.1. The van der Waals surface area contributed by atoms with E-state index in [4.69, 9.17) is 22.7 Å². The molecule has 0 aliphatic rings. The van der Waals surface area contributed by atoms with Crippen LogP contribution in [-0.4, -0.2) is 16.6 Å². The van der Waals surface area contributed by atoms with Crippen molar-refractivity contribution < 1.29 is 4.74 Å². The third kappa shape index (κ3) is 3.51. The summed E-state index contributed by atoms with van der Waals surface area (Å²) in [6.45, 7) is 0.605. The summed E-state index contributed by atoms with van der Waals surface area (Å²) in [5, 5.41) is 2.06. The average molecular weight is 264 g/mol. The van der Waals surface area contributed by atoms with Crippen LogP contribution >= 0.6 is 23.6 Å². The summed E-state index contributed by atoms with van der Waals surface area (Å²) in [4.78, 5) is 5.76. The van der Waals surface area contributed by atoms with E-state index in [0.29, 0.717) is 17.5 Å². The lowest BCUT2D eigenvalue weighted by atomic mass is 10.3. The van der Waals surface area contributed by atoms with Gasteiger partial charge in [-0.05, 0) is 17.5 Å². The molecule has 0 unspecified atom stereocenters. The van der Waals surface area contributed by atoms with Crippen molar-refractivity contribution >= 4 is 28.5 Å². The minimum absolute atomic E-state index is 0.357. The van der Waals surface area contributed by atoms with Gasteiger partial charge < -0.3 is 10.5 Å². The summed E-state index contributed by atoms with van der Waals surface area (Å²) >= 11 is 6.62. The van der Waals surface area contributed by atoms with Gasteiger partial charge in [0.15, 0.2) is 0 Å². The van der Waals surface area contributed by atoms with Gasteiger partial charge >= 0.3 is 0 Å². The maximum Gasteiger partial charge on any atom is 0.213 e. The van der Waals surface area contributed by atoms with Crippen LogP contribution in [0.15, 0.2) is 35.8 Å². The van der Waals surface area contributed by atoms with E-state index in [1.807, 2.05) is 6.07 Å². The Labute approximate surface area is 109 Å². The van der Waals surface area contributed by atoms with E-state index >= 15 is 0 Å². The molecular formula is C12H12N2OS2. The van der Waals surface area contributed by atoms with E-state index in [0.717, 1.165) is 12.0 Å². The Morgan fingerprint density at radius 3 is 3.06 bits per heavy atom. The standard InChI is InChI=1S/C12H12N2OS2/c13-12(16)9-3-5-14-11(8-9)15-6-4-10-2-1-7-17-10/h1-3,5,7-8H,4,6H2,(H2,13,16). The predicted octanol–water partition coefficient (Wildman–Crippen LogP) is 2.40. The molecule has 17 heavy (non-hydrogen) atoms. The van der Waals surface area contributed by atoms with Crippen molar-refractivity contribution in [3.63, 3.8) is 0 Å². The molecule has 2 N–H and O–H groups in total. The Morgan fingerprint density at radius 2 is 2.35 bits per heavy atom. The van der Waals surface area contributed by atoms with E-state index in [2.05, 4.69) is 16.4 Å². The summed E-state index contributed by atoms with van der Waals surface area (Å²) in [6.07, 6.45) is 2.53. The predicted molar refractivity (Wildman–Crippen MR) is 73.6 cm³/mol. The van der Waals surface area contributed by atoms with Crippen LogP contribution in [-0.2, 0) is 6.42 Å². The average Bonchev–Trinajstić information content (AvgIpc) is 2.82. The quantitative estimate of drug-likeness (QED) is 0.842. The number of hydrogen-bond donors (Lipinski definition) is 1. The van der Waals surface area contributed by atoms with E-state index < -0.39 is 0 Å². The van der Waals surface area contributed by atoms with Gasteiger partial charge in [0.1, 0.15) is 4.99 Å². The second kappa shape index (κ2) is 5.75. The van der Waals surface area contributed by atoms with Gasteiger partial charge in [-0.2, -0.15) is 0 Å². The maximum atomic E-state index is 5.55. The molecule has 0 aliphatic heterocycles. The first-order valence-corrected chi connectivity index (χ1v) is 6.45. The Kier molecular flexibility index (Phi) is 4.06. The van der Waals surface area contributed by atoms with Crippen LogP contribution in [0.5, 0.6) is 5.88 Å². The minimum Gasteiger partial charge on any atom is -0.477 e. The highest BCUT2D eigenvalue weighted by molar-refractivity contribution is 7.80. The molecule has 0 saturated carbocycles. The van der Waals surface area contributed by atoms with Crippen LogP contribution in [0.1, 0.15) is 10.4 Å². The monoisotopic (exact) mass is 264 g/mol. The molecule has 5 heteroatoms. The molecule has 0 aromatic carbocycles. The van der Waals surface area contributed by atoms with Gasteiger partial charge in [-0.1, -0.05) is 18.3 Å². The lowest BCUT2D eigenvalue weighted by Crippen LogP contribution is -2.10. The highest BCUT2D eigenvalue weighted by atomic mass is 32.1. The fourth-order valence-corrected chi connectivity index (χ4v) is 2.17. The van der Waals surface area contributed by atoms with Crippen LogP contribution in [0.25, 0.3) is 0 Å². The van der Waals surface area contributed by atoms with Crippen LogP contribution < -0.4 is 10.5 Å².